The largest absolute Gasteiger partial charge is 0.466 e. The van der Waals surface area contributed by atoms with Crippen molar-refractivity contribution < 1.29 is 24.5 Å². The van der Waals surface area contributed by atoms with Crippen LogP contribution in [0.4, 0.5) is 0 Å². The van der Waals surface area contributed by atoms with Gasteiger partial charge in [-0.25, -0.2) is 0 Å². The maximum absolute atomic E-state index is 12.6. The van der Waals surface area contributed by atoms with Crippen molar-refractivity contribution in [3.8, 4) is 0 Å². The van der Waals surface area contributed by atoms with E-state index in [2.05, 4.69) is 55.6 Å². The normalized spacial score (nSPS) is 12.7. The van der Waals surface area contributed by atoms with Gasteiger partial charge in [-0.3, -0.25) is 9.59 Å². The Hall–Kier alpha value is -1.92. The summed E-state index contributed by atoms with van der Waals surface area (Å²) in [4.78, 5) is 24.7. The molecule has 2 unspecified atom stereocenters. The monoisotopic (exact) mass is 1170 g/mol. The van der Waals surface area contributed by atoms with E-state index in [0.717, 1.165) is 51.4 Å². The zero-order valence-corrected chi connectivity index (χ0v) is 56.2. The zero-order chi connectivity index (χ0) is 59.9. The predicted molar refractivity (Wildman–Crippen MR) is 366 cm³/mol. The maximum atomic E-state index is 12.6. The third-order valence-electron chi connectivity index (χ3n) is 17.7. The number of esters is 1. The van der Waals surface area contributed by atoms with Gasteiger partial charge >= 0.3 is 5.97 Å². The molecule has 0 aliphatic heterocycles. The number of carbonyl (C=O) groups excluding carboxylic acids is 2. The van der Waals surface area contributed by atoms with Crippen molar-refractivity contribution in [1.29, 1.82) is 0 Å². The first-order valence-electron chi connectivity index (χ1n) is 37.7. The Kier molecular flexibility index (Phi) is 70.9. The van der Waals surface area contributed by atoms with E-state index in [4.69, 9.17) is 4.74 Å². The lowest BCUT2D eigenvalue weighted by atomic mass is 10.0. The van der Waals surface area contributed by atoms with E-state index in [1.807, 2.05) is 0 Å². The van der Waals surface area contributed by atoms with E-state index < -0.39 is 12.1 Å². The van der Waals surface area contributed by atoms with Crippen LogP contribution in [0.3, 0.4) is 0 Å². The number of rotatable bonds is 71. The van der Waals surface area contributed by atoms with Crippen LogP contribution in [0.5, 0.6) is 0 Å². The average molecular weight is 1170 g/mol. The van der Waals surface area contributed by atoms with Crippen molar-refractivity contribution in [2.24, 2.45) is 0 Å². The molecule has 0 heterocycles. The van der Waals surface area contributed by atoms with E-state index in [0.29, 0.717) is 25.9 Å². The first-order chi connectivity index (χ1) is 41.0. The van der Waals surface area contributed by atoms with Crippen LogP contribution in [0, 0.1) is 0 Å². The van der Waals surface area contributed by atoms with Gasteiger partial charge in [-0.1, -0.05) is 359 Å². The van der Waals surface area contributed by atoms with E-state index in [-0.39, 0.29) is 18.5 Å². The van der Waals surface area contributed by atoms with E-state index in [9.17, 15) is 19.8 Å². The summed E-state index contributed by atoms with van der Waals surface area (Å²) >= 11 is 0. The lowest BCUT2D eigenvalue weighted by Gasteiger charge is -2.22. The minimum Gasteiger partial charge on any atom is -0.466 e. The molecule has 0 aromatic carbocycles. The lowest BCUT2D eigenvalue weighted by molar-refractivity contribution is -0.143. The molecule has 0 saturated heterocycles. The van der Waals surface area contributed by atoms with Crippen LogP contribution in [-0.2, 0) is 14.3 Å². The number of hydrogen-bond acceptors (Lipinski definition) is 5. The van der Waals surface area contributed by atoms with Gasteiger partial charge in [0.2, 0.25) is 5.91 Å². The number of ether oxygens (including phenoxy) is 1. The molecule has 6 nitrogen and oxygen atoms in total. The van der Waals surface area contributed by atoms with E-state index in [1.165, 1.54) is 334 Å². The number of amides is 1. The average Bonchev–Trinajstić information content (AvgIpc) is 3.48. The van der Waals surface area contributed by atoms with Crippen LogP contribution in [0.15, 0.2) is 36.5 Å². The Morgan fingerprint density at radius 1 is 0.337 bits per heavy atom. The molecular formula is C77H147NO5. The first-order valence-corrected chi connectivity index (χ1v) is 37.7. The highest BCUT2D eigenvalue weighted by Crippen LogP contribution is 2.19. The number of aliphatic hydroxyl groups is 2. The van der Waals surface area contributed by atoms with Crippen molar-refractivity contribution >= 4 is 11.9 Å². The van der Waals surface area contributed by atoms with Gasteiger partial charge in [0, 0.05) is 12.8 Å². The molecule has 0 radical (unpaired) electrons. The molecule has 83 heavy (non-hydrogen) atoms. The number of aliphatic hydroxyl groups excluding tert-OH is 2. The van der Waals surface area contributed by atoms with Crippen LogP contribution in [0.1, 0.15) is 418 Å². The number of allylic oxidation sites excluding steroid dienone is 6. The van der Waals surface area contributed by atoms with Gasteiger partial charge in [0.1, 0.15) is 0 Å². The molecule has 0 spiro atoms. The number of hydrogen-bond donors (Lipinski definition) is 3. The Bertz CT molecular complexity index is 1340. The van der Waals surface area contributed by atoms with Crippen LogP contribution in [-0.4, -0.2) is 47.4 Å². The summed E-state index contributed by atoms with van der Waals surface area (Å²) in [5, 5.41) is 23.5. The fourth-order valence-corrected chi connectivity index (χ4v) is 11.9. The molecule has 0 rings (SSSR count). The highest BCUT2D eigenvalue weighted by atomic mass is 16.5. The third-order valence-corrected chi connectivity index (χ3v) is 17.7. The van der Waals surface area contributed by atoms with Crippen LogP contribution in [0.25, 0.3) is 0 Å². The summed E-state index contributed by atoms with van der Waals surface area (Å²) in [6.07, 6.45) is 93.5. The molecule has 490 valence electrons. The molecule has 3 N–H and O–H groups in total. The predicted octanol–water partition coefficient (Wildman–Crippen LogP) is 24.7. The van der Waals surface area contributed by atoms with Gasteiger partial charge in [-0.15, -0.1) is 0 Å². The fraction of sp³-hybridized carbons (Fsp3) is 0.896. The number of unbranched alkanes of at least 4 members (excludes halogenated alkanes) is 54. The molecule has 0 aliphatic carbocycles. The summed E-state index contributed by atoms with van der Waals surface area (Å²) in [7, 11) is 0. The number of nitrogens with one attached hydrogen (secondary N) is 1. The smallest absolute Gasteiger partial charge is 0.305 e. The Balaban J connectivity index is 3.42. The van der Waals surface area contributed by atoms with Gasteiger partial charge in [-0.05, 0) is 83.5 Å². The van der Waals surface area contributed by atoms with Crippen LogP contribution >= 0.6 is 0 Å². The van der Waals surface area contributed by atoms with Gasteiger partial charge in [0.25, 0.3) is 0 Å². The molecule has 0 fully saturated rings. The zero-order valence-electron chi connectivity index (χ0n) is 56.2. The van der Waals surface area contributed by atoms with Crippen molar-refractivity contribution in [1.82, 2.24) is 5.32 Å². The van der Waals surface area contributed by atoms with Gasteiger partial charge in [0.15, 0.2) is 0 Å². The molecule has 0 bridgehead atoms. The Morgan fingerprint density at radius 2 is 0.602 bits per heavy atom. The van der Waals surface area contributed by atoms with E-state index >= 15 is 0 Å². The van der Waals surface area contributed by atoms with E-state index in [1.54, 1.807) is 0 Å². The summed E-state index contributed by atoms with van der Waals surface area (Å²) in [5.41, 5.74) is 0. The van der Waals surface area contributed by atoms with Gasteiger partial charge in [-0.2, -0.15) is 0 Å². The van der Waals surface area contributed by atoms with Crippen molar-refractivity contribution in [2.45, 2.75) is 431 Å². The highest BCUT2D eigenvalue weighted by molar-refractivity contribution is 5.76. The topological polar surface area (TPSA) is 95.9 Å². The number of carbonyl (C=O) groups is 2. The summed E-state index contributed by atoms with van der Waals surface area (Å²) in [6.45, 7) is 4.98. The van der Waals surface area contributed by atoms with Gasteiger partial charge in [0.05, 0.1) is 25.4 Å². The summed E-state index contributed by atoms with van der Waals surface area (Å²) < 4.78 is 5.50. The second kappa shape index (κ2) is 72.6. The van der Waals surface area contributed by atoms with Crippen molar-refractivity contribution in [3.63, 3.8) is 0 Å². The molecule has 6 heteroatoms. The van der Waals surface area contributed by atoms with Crippen molar-refractivity contribution in [2.75, 3.05) is 13.2 Å². The molecule has 0 saturated carbocycles. The Labute approximate surface area is 519 Å². The standard InChI is InChI=1S/C77H147NO5/c1-3-5-7-9-11-13-15-17-19-21-22-23-24-28-31-34-38-41-45-49-53-57-61-65-69-75(80)74(73-79)78-76(81)70-66-62-58-54-50-46-42-39-35-32-29-26-25-27-30-33-36-40-44-48-52-56-60-64-68-72-83-77(82)71-67-63-59-55-51-47-43-37-20-18-16-14-12-10-8-6-4-2/h18,20,26-27,29-30,74-75,79-80H,3-17,19,21-25,28,31-73H2,1-2H3,(H,78,81)/b20-18-,29-26-,30-27-. The first kappa shape index (κ1) is 81.1. The maximum Gasteiger partial charge on any atom is 0.305 e. The third kappa shape index (κ3) is 69.1. The quantitative estimate of drug-likeness (QED) is 0.0320. The van der Waals surface area contributed by atoms with Crippen molar-refractivity contribution in [3.05, 3.63) is 36.5 Å². The lowest BCUT2D eigenvalue weighted by Crippen LogP contribution is -2.45. The van der Waals surface area contributed by atoms with Crippen LogP contribution < -0.4 is 5.32 Å². The van der Waals surface area contributed by atoms with Gasteiger partial charge < -0.3 is 20.3 Å². The molecule has 0 aromatic rings. The minimum atomic E-state index is -0.671. The SMILES string of the molecule is CCCCCCCC/C=C\CCCCCCCCCC(=O)OCCCCCCCCCCC/C=C\C/C=C\CCCCCCCCCCCC(=O)NC(CO)C(O)CCCCCCCCCCCCCCCCCCCCCCCCCC. The van der Waals surface area contributed by atoms with Crippen LogP contribution in [0.2, 0.25) is 0 Å². The summed E-state index contributed by atoms with van der Waals surface area (Å²) in [6, 6.07) is -0.548. The molecular weight excluding hydrogens is 1020 g/mol. The minimum absolute atomic E-state index is 0.00653. The Morgan fingerprint density at radius 3 is 0.928 bits per heavy atom. The fourth-order valence-electron chi connectivity index (χ4n) is 11.9. The molecule has 0 aromatic heterocycles. The summed E-state index contributed by atoms with van der Waals surface area (Å²) in [5.74, 6) is -0.0300. The highest BCUT2D eigenvalue weighted by Gasteiger charge is 2.20. The molecule has 0 aliphatic rings. The molecule has 2 atom stereocenters. The molecule has 1 amide bonds. The second-order valence-electron chi connectivity index (χ2n) is 26.0. The second-order valence-corrected chi connectivity index (χ2v) is 26.0.